The molecular formula is C14H23N3O3. The molecule has 0 aliphatic carbocycles. The number of carboxylic acids is 1. The first-order chi connectivity index (χ1) is 9.33. The van der Waals surface area contributed by atoms with Crippen molar-refractivity contribution in [1.29, 1.82) is 0 Å². The van der Waals surface area contributed by atoms with E-state index in [1.807, 2.05) is 13.8 Å². The number of hydrogen-bond acceptors (Lipinski definition) is 3. The minimum absolute atomic E-state index is 0.138. The zero-order valence-electron chi connectivity index (χ0n) is 12.7. The zero-order chi connectivity index (χ0) is 15.4. The van der Waals surface area contributed by atoms with E-state index in [0.717, 1.165) is 12.8 Å². The molecule has 0 aromatic carbocycles. The number of aromatic nitrogens is 2. The quantitative estimate of drug-likeness (QED) is 0.836. The largest absolute Gasteiger partial charge is 0.478 e. The summed E-state index contributed by atoms with van der Waals surface area (Å²) in [7, 11) is 0. The highest BCUT2D eigenvalue weighted by Crippen LogP contribution is 2.18. The van der Waals surface area contributed by atoms with Crippen molar-refractivity contribution in [2.45, 2.75) is 59.5 Å². The van der Waals surface area contributed by atoms with Crippen molar-refractivity contribution in [2.24, 2.45) is 0 Å². The van der Waals surface area contributed by atoms with Gasteiger partial charge in [0.15, 0.2) is 0 Å². The van der Waals surface area contributed by atoms with Crippen LogP contribution in [0.1, 0.15) is 61.4 Å². The van der Waals surface area contributed by atoms with Crippen LogP contribution in [-0.2, 0) is 4.79 Å². The second-order valence-electron chi connectivity index (χ2n) is 4.99. The Labute approximate surface area is 119 Å². The van der Waals surface area contributed by atoms with Gasteiger partial charge in [-0.2, -0.15) is 5.10 Å². The third-order valence-corrected chi connectivity index (χ3v) is 3.62. The minimum atomic E-state index is -1.01. The van der Waals surface area contributed by atoms with Crippen LogP contribution in [0.25, 0.3) is 0 Å². The number of nitrogens with one attached hydrogen (secondary N) is 1. The highest BCUT2D eigenvalue weighted by molar-refractivity contribution is 5.90. The fraction of sp³-hybridized carbons (Fsp3) is 0.643. The van der Waals surface area contributed by atoms with Crippen molar-refractivity contribution in [3.05, 3.63) is 17.0 Å². The first kappa shape index (κ1) is 16.2. The summed E-state index contributed by atoms with van der Waals surface area (Å²) in [5, 5.41) is 16.3. The van der Waals surface area contributed by atoms with Crippen LogP contribution in [0.4, 0.5) is 0 Å². The van der Waals surface area contributed by atoms with Crippen LogP contribution in [0, 0.1) is 13.8 Å². The molecule has 0 saturated heterocycles. The molecule has 6 nitrogen and oxygen atoms in total. The molecule has 0 radical (unpaired) electrons. The maximum atomic E-state index is 12.2. The molecule has 2 N–H and O–H groups in total. The summed E-state index contributed by atoms with van der Waals surface area (Å²) >= 11 is 0. The molecule has 1 atom stereocenters. The Kier molecular flexibility index (Phi) is 5.30. The standard InChI is InChI=1S/C14H23N3O3/c1-6-11(7-2)15-13(18)10(5)17-9(4)12(14(19)20)8(3)16-17/h10-11H,6-7H2,1-5H3,(H,15,18)(H,19,20). The van der Waals surface area contributed by atoms with Crippen molar-refractivity contribution >= 4 is 11.9 Å². The van der Waals surface area contributed by atoms with Crippen LogP contribution >= 0.6 is 0 Å². The van der Waals surface area contributed by atoms with Crippen LogP contribution in [-0.4, -0.2) is 32.8 Å². The molecule has 20 heavy (non-hydrogen) atoms. The Morgan fingerprint density at radius 3 is 2.25 bits per heavy atom. The molecule has 1 unspecified atom stereocenters. The third kappa shape index (κ3) is 3.18. The van der Waals surface area contributed by atoms with Crippen molar-refractivity contribution in [1.82, 2.24) is 15.1 Å². The maximum Gasteiger partial charge on any atom is 0.339 e. The minimum Gasteiger partial charge on any atom is -0.478 e. The molecule has 112 valence electrons. The molecular weight excluding hydrogens is 258 g/mol. The van der Waals surface area contributed by atoms with Crippen molar-refractivity contribution in [3.63, 3.8) is 0 Å². The van der Waals surface area contributed by atoms with Crippen LogP contribution in [0.2, 0.25) is 0 Å². The van der Waals surface area contributed by atoms with E-state index in [9.17, 15) is 9.59 Å². The summed E-state index contributed by atoms with van der Waals surface area (Å²) in [6, 6.07) is -0.386. The Morgan fingerprint density at radius 1 is 1.30 bits per heavy atom. The predicted molar refractivity (Wildman–Crippen MR) is 75.9 cm³/mol. The normalized spacial score (nSPS) is 12.5. The van der Waals surface area contributed by atoms with Gasteiger partial charge >= 0.3 is 5.97 Å². The molecule has 1 aromatic heterocycles. The molecule has 1 rings (SSSR count). The van der Waals surface area contributed by atoms with E-state index < -0.39 is 12.0 Å². The Bertz CT molecular complexity index is 504. The number of carbonyl (C=O) groups is 2. The van der Waals surface area contributed by atoms with Gasteiger partial charge in [-0.25, -0.2) is 4.79 Å². The number of aromatic carboxylic acids is 1. The second kappa shape index (κ2) is 6.54. The molecule has 1 amide bonds. The van der Waals surface area contributed by atoms with Crippen molar-refractivity contribution < 1.29 is 14.7 Å². The molecule has 0 bridgehead atoms. The first-order valence-electron chi connectivity index (χ1n) is 6.92. The van der Waals surface area contributed by atoms with Gasteiger partial charge in [-0.1, -0.05) is 13.8 Å². The van der Waals surface area contributed by atoms with Crippen LogP contribution in [0.5, 0.6) is 0 Å². The van der Waals surface area contributed by atoms with E-state index in [-0.39, 0.29) is 17.5 Å². The molecule has 1 heterocycles. The highest BCUT2D eigenvalue weighted by atomic mass is 16.4. The number of hydrogen-bond donors (Lipinski definition) is 2. The monoisotopic (exact) mass is 281 g/mol. The molecule has 6 heteroatoms. The van der Waals surface area contributed by atoms with E-state index in [4.69, 9.17) is 5.11 Å². The molecule has 0 fully saturated rings. The van der Waals surface area contributed by atoms with Gasteiger partial charge in [0.05, 0.1) is 11.4 Å². The van der Waals surface area contributed by atoms with Crippen LogP contribution < -0.4 is 5.32 Å². The summed E-state index contributed by atoms with van der Waals surface area (Å²) < 4.78 is 1.48. The fourth-order valence-electron chi connectivity index (χ4n) is 2.28. The van der Waals surface area contributed by atoms with Gasteiger partial charge in [0.2, 0.25) is 5.91 Å². The topological polar surface area (TPSA) is 84.2 Å². The molecule has 0 spiro atoms. The SMILES string of the molecule is CCC(CC)NC(=O)C(C)n1nc(C)c(C(=O)O)c1C. The summed E-state index contributed by atoms with van der Waals surface area (Å²) in [5.41, 5.74) is 1.10. The second-order valence-corrected chi connectivity index (χ2v) is 4.99. The lowest BCUT2D eigenvalue weighted by atomic mass is 10.1. The number of aryl methyl sites for hydroxylation is 1. The van der Waals surface area contributed by atoms with E-state index in [2.05, 4.69) is 10.4 Å². The Balaban J connectivity index is 2.98. The summed E-state index contributed by atoms with van der Waals surface area (Å²) in [6.07, 6.45) is 1.74. The van der Waals surface area contributed by atoms with Gasteiger partial charge in [0.1, 0.15) is 11.6 Å². The summed E-state index contributed by atoms with van der Waals surface area (Å²) in [4.78, 5) is 23.4. The fourth-order valence-corrected chi connectivity index (χ4v) is 2.28. The number of carbonyl (C=O) groups excluding carboxylic acids is 1. The molecule has 0 aliphatic heterocycles. The average Bonchev–Trinajstić information content (AvgIpc) is 2.69. The lowest BCUT2D eigenvalue weighted by Crippen LogP contribution is -2.38. The molecule has 0 aliphatic rings. The van der Waals surface area contributed by atoms with Gasteiger partial charge in [-0.15, -0.1) is 0 Å². The van der Waals surface area contributed by atoms with Crippen LogP contribution in [0.3, 0.4) is 0 Å². The average molecular weight is 281 g/mol. The number of nitrogens with zero attached hydrogens (tertiary/aromatic N) is 2. The summed E-state index contributed by atoms with van der Waals surface area (Å²) in [6.45, 7) is 9.07. The Morgan fingerprint density at radius 2 is 1.85 bits per heavy atom. The number of amides is 1. The van der Waals surface area contributed by atoms with Gasteiger partial charge in [-0.05, 0) is 33.6 Å². The zero-order valence-corrected chi connectivity index (χ0v) is 12.7. The molecule has 1 aromatic rings. The lowest BCUT2D eigenvalue weighted by molar-refractivity contribution is -0.125. The molecule has 0 saturated carbocycles. The first-order valence-corrected chi connectivity index (χ1v) is 6.92. The lowest BCUT2D eigenvalue weighted by Gasteiger charge is -2.19. The van der Waals surface area contributed by atoms with E-state index in [1.54, 1.807) is 20.8 Å². The summed E-state index contributed by atoms with van der Waals surface area (Å²) in [5.74, 6) is -1.15. The number of carboxylic acid groups (broad SMARTS) is 1. The Hall–Kier alpha value is -1.85. The number of rotatable bonds is 6. The van der Waals surface area contributed by atoms with Crippen molar-refractivity contribution in [3.8, 4) is 0 Å². The van der Waals surface area contributed by atoms with Crippen molar-refractivity contribution in [2.75, 3.05) is 0 Å². The van der Waals surface area contributed by atoms with Gasteiger partial charge in [0.25, 0.3) is 0 Å². The third-order valence-electron chi connectivity index (χ3n) is 3.62. The van der Waals surface area contributed by atoms with Gasteiger partial charge in [0, 0.05) is 6.04 Å². The van der Waals surface area contributed by atoms with E-state index in [0.29, 0.717) is 11.4 Å². The van der Waals surface area contributed by atoms with E-state index in [1.165, 1.54) is 4.68 Å². The van der Waals surface area contributed by atoms with Gasteiger partial charge in [-0.3, -0.25) is 9.48 Å². The highest BCUT2D eigenvalue weighted by Gasteiger charge is 2.24. The van der Waals surface area contributed by atoms with E-state index >= 15 is 0 Å². The maximum absolute atomic E-state index is 12.2. The smallest absolute Gasteiger partial charge is 0.339 e. The van der Waals surface area contributed by atoms with Crippen LogP contribution in [0.15, 0.2) is 0 Å². The predicted octanol–water partition coefficient (Wildman–Crippen LogP) is 2.06. The van der Waals surface area contributed by atoms with Gasteiger partial charge < -0.3 is 10.4 Å².